The molecular formula is C11H16O3. The normalized spacial score (nSPS) is 13.1. The lowest BCUT2D eigenvalue weighted by Gasteiger charge is -2.14. The van der Waals surface area contributed by atoms with Crippen molar-refractivity contribution in [3.63, 3.8) is 0 Å². The van der Waals surface area contributed by atoms with Crippen LogP contribution in [-0.2, 0) is 4.79 Å². The maximum absolute atomic E-state index is 10.6. The summed E-state index contributed by atoms with van der Waals surface area (Å²) in [6, 6.07) is 3.64. The first-order valence-electron chi connectivity index (χ1n) is 4.84. The molecule has 78 valence electrons. The van der Waals surface area contributed by atoms with Crippen LogP contribution in [0.2, 0.25) is 0 Å². The van der Waals surface area contributed by atoms with Gasteiger partial charge in [-0.1, -0.05) is 13.8 Å². The zero-order valence-electron chi connectivity index (χ0n) is 8.56. The number of carboxylic acids is 1. The predicted octanol–water partition coefficient (Wildman–Crippen LogP) is 2.88. The van der Waals surface area contributed by atoms with E-state index in [1.54, 1.807) is 12.3 Å². The van der Waals surface area contributed by atoms with Crippen LogP contribution in [0.4, 0.5) is 0 Å². The SMILES string of the molecule is CC(C)CC(CC(=O)O)c1ccco1. The molecule has 0 radical (unpaired) electrons. The minimum absolute atomic E-state index is 0.00231. The molecule has 1 atom stereocenters. The minimum atomic E-state index is -0.771. The van der Waals surface area contributed by atoms with Crippen LogP contribution < -0.4 is 0 Å². The Morgan fingerprint density at radius 1 is 1.57 bits per heavy atom. The van der Waals surface area contributed by atoms with Crippen molar-refractivity contribution in [2.45, 2.75) is 32.6 Å². The first kappa shape index (κ1) is 10.8. The third-order valence-electron chi connectivity index (χ3n) is 2.12. The van der Waals surface area contributed by atoms with Crippen molar-refractivity contribution in [3.05, 3.63) is 24.2 Å². The second-order valence-corrected chi connectivity index (χ2v) is 3.94. The van der Waals surface area contributed by atoms with Crippen LogP contribution in [0.1, 0.15) is 38.4 Å². The van der Waals surface area contributed by atoms with E-state index >= 15 is 0 Å². The van der Waals surface area contributed by atoms with Gasteiger partial charge in [0, 0.05) is 5.92 Å². The molecule has 0 amide bonds. The molecule has 1 aromatic rings. The molecule has 0 saturated heterocycles. The first-order chi connectivity index (χ1) is 6.59. The van der Waals surface area contributed by atoms with Gasteiger partial charge >= 0.3 is 5.97 Å². The summed E-state index contributed by atoms with van der Waals surface area (Å²) in [5.41, 5.74) is 0. The van der Waals surface area contributed by atoms with Crippen molar-refractivity contribution in [1.29, 1.82) is 0 Å². The van der Waals surface area contributed by atoms with Gasteiger partial charge in [0.1, 0.15) is 5.76 Å². The van der Waals surface area contributed by atoms with Gasteiger partial charge in [-0.2, -0.15) is 0 Å². The number of carboxylic acid groups (broad SMARTS) is 1. The Kier molecular flexibility index (Phi) is 3.74. The molecule has 14 heavy (non-hydrogen) atoms. The van der Waals surface area contributed by atoms with Gasteiger partial charge in [-0.15, -0.1) is 0 Å². The van der Waals surface area contributed by atoms with Crippen LogP contribution >= 0.6 is 0 Å². The van der Waals surface area contributed by atoms with E-state index in [0.29, 0.717) is 5.92 Å². The molecule has 0 aliphatic carbocycles. The third kappa shape index (κ3) is 3.24. The number of furan rings is 1. The van der Waals surface area contributed by atoms with Crippen LogP contribution in [0, 0.1) is 5.92 Å². The number of hydrogen-bond acceptors (Lipinski definition) is 2. The van der Waals surface area contributed by atoms with Gasteiger partial charge in [0.15, 0.2) is 0 Å². The van der Waals surface area contributed by atoms with Gasteiger partial charge < -0.3 is 9.52 Å². The summed E-state index contributed by atoms with van der Waals surface area (Å²) in [5.74, 6) is 0.486. The van der Waals surface area contributed by atoms with Crippen LogP contribution in [0.25, 0.3) is 0 Å². The molecule has 0 spiro atoms. The third-order valence-corrected chi connectivity index (χ3v) is 2.12. The maximum Gasteiger partial charge on any atom is 0.304 e. The van der Waals surface area contributed by atoms with Crippen LogP contribution in [-0.4, -0.2) is 11.1 Å². The summed E-state index contributed by atoms with van der Waals surface area (Å²) in [4.78, 5) is 10.6. The summed E-state index contributed by atoms with van der Waals surface area (Å²) < 4.78 is 5.23. The quantitative estimate of drug-likeness (QED) is 0.787. The lowest BCUT2D eigenvalue weighted by molar-refractivity contribution is -0.137. The molecule has 0 saturated carbocycles. The Morgan fingerprint density at radius 2 is 2.29 bits per heavy atom. The van der Waals surface area contributed by atoms with Gasteiger partial charge in [-0.05, 0) is 24.5 Å². The smallest absolute Gasteiger partial charge is 0.304 e. The van der Waals surface area contributed by atoms with Gasteiger partial charge in [-0.25, -0.2) is 0 Å². The lowest BCUT2D eigenvalue weighted by atomic mass is 9.92. The zero-order valence-corrected chi connectivity index (χ0v) is 8.56. The average Bonchev–Trinajstić information content (AvgIpc) is 2.52. The van der Waals surface area contributed by atoms with E-state index in [9.17, 15) is 4.79 Å². The lowest BCUT2D eigenvalue weighted by Crippen LogP contribution is -2.08. The highest BCUT2D eigenvalue weighted by Crippen LogP contribution is 2.27. The summed E-state index contributed by atoms with van der Waals surface area (Å²) in [7, 11) is 0. The Morgan fingerprint density at radius 3 is 2.71 bits per heavy atom. The molecule has 0 bridgehead atoms. The van der Waals surface area contributed by atoms with E-state index in [4.69, 9.17) is 9.52 Å². The molecule has 1 aromatic heterocycles. The van der Waals surface area contributed by atoms with Gasteiger partial charge in [-0.3, -0.25) is 4.79 Å². The molecule has 1 N–H and O–H groups in total. The van der Waals surface area contributed by atoms with Gasteiger partial charge in [0.2, 0.25) is 0 Å². The summed E-state index contributed by atoms with van der Waals surface area (Å²) in [6.07, 6.45) is 2.58. The monoisotopic (exact) mass is 196 g/mol. The van der Waals surface area contributed by atoms with Crippen molar-refractivity contribution in [2.75, 3.05) is 0 Å². The fourth-order valence-electron chi connectivity index (χ4n) is 1.60. The first-order valence-corrected chi connectivity index (χ1v) is 4.84. The topological polar surface area (TPSA) is 50.4 Å². The van der Waals surface area contributed by atoms with Crippen molar-refractivity contribution in [2.24, 2.45) is 5.92 Å². The molecular weight excluding hydrogens is 180 g/mol. The summed E-state index contributed by atoms with van der Waals surface area (Å²) >= 11 is 0. The summed E-state index contributed by atoms with van der Waals surface area (Å²) in [5, 5.41) is 8.75. The maximum atomic E-state index is 10.6. The second kappa shape index (κ2) is 4.84. The van der Waals surface area contributed by atoms with Crippen molar-refractivity contribution in [3.8, 4) is 0 Å². The van der Waals surface area contributed by atoms with E-state index < -0.39 is 5.97 Å². The molecule has 0 aromatic carbocycles. The molecule has 3 heteroatoms. The van der Waals surface area contributed by atoms with Crippen LogP contribution in [0.5, 0.6) is 0 Å². The zero-order chi connectivity index (χ0) is 10.6. The number of aliphatic carboxylic acids is 1. The Bertz CT molecular complexity index is 275. The molecule has 0 aliphatic heterocycles. The Balaban J connectivity index is 2.67. The number of carbonyl (C=O) groups is 1. The predicted molar refractivity (Wildman–Crippen MR) is 53.2 cm³/mol. The average molecular weight is 196 g/mol. The molecule has 1 unspecified atom stereocenters. The fourth-order valence-corrected chi connectivity index (χ4v) is 1.60. The standard InChI is InChI=1S/C11H16O3/c1-8(2)6-9(7-11(12)13)10-4-3-5-14-10/h3-5,8-9H,6-7H2,1-2H3,(H,12,13). The van der Waals surface area contributed by atoms with E-state index in [1.807, 2.05) is 6.07 Å². The highest BCUT2D eigenvalue weighted by molar-refractivity contribution is 5.67. The van der Waals surface area contributed by atoms with Crippen molar-refractivity contribution < 1.29 is 14.3 Å². The highest BCUT2D eigenvalue weighted by Gasteiger charge is 2.19. The molecule has 1 rings (SSSR count). The Hall–Kier alpha value is -1.25. The minimum Gasteiger partial charge on any atom is -0.481 e. The van der Waals surface area contributed by atoms with Crippen LogP contribution in [0.3, 0.4) is 0 Å². The van der Waals surface area contributed by atoms with Gasteiger partial charge in [0.25, 0.3) is 0 Å². The van der Waals surface area contributed by atoms with E-state index in [0.717, 1.165) is 12.2 Å². The largest absolute Gasteiger partial charge is 0.481 e. The second-order valence-electron chi connectivity index (χ2n) is 3.94. The molecule has 0 fully saturated rings. The van der Waals surface area contributed by atoms with Crippen molar-refractivity contribution in [1.82, 2.24) is 0 Å². The van der Waals surface area contributed by atoms with Crippen LogP contribution in [0.15, 0.2) is 22.8 Å². The van der Waals surface area contributed by atoms with E-state index in [-0.39, 0.29) is 12.3 Å². The number of hydrogen-bond donors (Lipinski definition) is 1. The van der Waals surface area contributed by atoms with E-state index in [1.165, 1.54) is 0 Å². The van der Waals surface area contributed by atoms with Gasteiger partial charge in [0.05, 0.1) is 12.7 Å². The number of rotatable bonds is 5. The molecule has 1 heterocycles. The molecule has 3 nitrogen and oxygen atoms in total. The van der Waals surface area contributed by atoms with E-state index in [2.05, 4.69) is 13.8 Å². The van der Waals surface area contributed by atoms with Crippen molar-refractivity contribution >= 4 is 5.97 Å². The molecule has 0 aliphatic rings. The Labute approximate surface area is 83.7 Å². The summed E-state index contributed by atoms with van der Waals surface area (Å²) in [6.45, 7) is 4.16. The highest BCUT2D eigenvalue weighted by atomic mass is 16.4. The fraction of sp³-hybridized carbons (Fsp3) is 0.545.